The van der Waals surface area contributed by atoms with Gasteiger partial charge in [0.1, 0.15) is 0 Å². The van der Waals surface area contributed by atoms with Crippen LogP contribution in [0.4, 0.5) is 5.69 Å². The van der Waals surface area contributed by atoms with E-state index in [0.717, 1.165) is 32.1 Å². The van der Waals surface area contributed by atoms with E-state index in [1.165, 1.54) is 49.8 Å². The highest BCUT2D eigenvalue weighted by molar-refractivity contribution is 5.45. The molecule has 21 heavy (non-hydrogen) atoms. The lowest BCUT2D eigenvalue weighted by Crippen LogP contribution is -2.22. The molecule has 0 heterocycles. The van der Waals surface area contributed by atoms with Gasteiger partial charge in [-0.1, -0.05) is 58.1 Å². The van der Waals surface area contributed by atoms with E-state index in [-0.39, 0.29) is 0 Å². The third kappa shape index (κ3) is 5.70. The second-order valence-corrected chi connectivity index (χ2v) is 6.38. The summed E-state index contributed by atoms with van der Waals surface area (Å²) in [4.78, 5) is 2.46. The maximum atomic E-state index is 3.62. The molecule has 0 radical (unpaired) electrons. The Hall–Kier alpha value is -1.02. The molecule has 0 amide bonds. The van der Waals surface area contributed by atoms with E-state index in [9.17, 15) is 0 Å². The van der Waals surface area contributed by atoms with Crippen molar-refractivity contribution in [3.63, 3.8) is 0 Å². The van der Waals surface area contributed by atoms with Crippen LogP contribution in [0.5, 0.6) is 0 Å². The summed E-state index contributed by atoms with van der Waals surface area (Å²) in [5, 5.41) is 3.62. The van der Waals surface area contributed by atoms with Crippen molar-refractivity contribution in [2.24, 2.45) is 5.92 Å². The normalized spacial score (nSPS) is 16.3. The number of nitrogens with one attached hydrogen (secondary N) is 1. The molecule has 0 aromatic heterocycles. The SMILES string of the molecule is CCN(CC)Cc1cccc(NCCC2CCCCC2)c1. The molecule has 1 aliphatic rings. The Labute approximate surface area is 130 Å². The average Bonchev–Trinajstić information content (AvgIpc) is 2.54. The van der Waals surface area contributed by atoms with Crippen molar-refractivity contribution in [1.29, 1.82) is 0 Å². The largest absolute Gasteiger partial charge is 0.385 e. The molecule has 1 fully saturated rings. The first kappa shape index (κ1) is 16.4. The van der Waals surface area contributed by atoms with Gasteiger partial charge < -0.3 is 5.32 Å². The van der Waals surface area contributed by atoms with Crippen molar-refractivity contribution in [1.82, 2.24) is 4.90 Å². The van der Waals surface area contributed by atoms with Gasteiger partial charge in [0.05, 0.1) is 0 Å². The van der Waals surface area contributed by atoms with Crippen LogP contribution >= 0.6 is 0 Å². The van der Waals surface area contributed by atoms with Crippen molar-refractivity contribution in [3.8, 4) is 0 Å². The summed E-state index contributed by atoms with van der Waals surface area (Å²) in [6, 6.07) is 8.94. The van der Waals surface area contributed by atoms with E-state index in [1.807, 2.05) is 0 Å². The number of hydrogen-bond donors (Lipinski definition) is 1. The first-order valence-corrected chi connectivity index (χ1v) is 8.87. The molecule has 2 rings (SSSR count). The fourth-order valence-corrected chi connectivity index (χ4v) is 3.38. The molecule has 0 saturated heterocycles. The number of hydrogen-bond acceptors (Lipinski definition) is 2. The molecule has 0 spiro atoms. The molecule has 1 saturated carbocycles. The molecule has 0 atom stereocenters. The van der Waals surface area contributed by atoms with Crippen LogP contribution in [-0.2, 0) is 6.54 Å². The zero-order chi connectivity index (χ0) is 14.9. The molecule has 0 unspecified atom stereocenters. The van der Waals surface area contributed by atoms with Gasteiger partial charge in [0.15, 0.2) is 0 Å². The molecule has 0 aliphatic heterocycles. The van der Waals surface area contributed by atoms with E-state index in [0.29, 0.717) is 0 Å². The van der Waals surface area contributed by atoms with Gasteiger partial charge in [-0.25, -0.2) is 0 Å². The van der Waals surface area contributed by atoms with Crippen LogP contribution in [0, 0.1) is 5.92 Å². The molecule has 2 heteroatoms. The summed E-state index contributed by atoms with van der Waals surface area (Å²) in [5.41, 5.74) is 2.71. The molecule has 1 aromatic rings. The lowest BCUT2D eigenvalue weighted by molar-refractivity contribution is 0.296. The third-order valence-corrected chi connectivity index (χ3v) is 4.83. The van der Waals surface area contributed by atoms with Gasteiger partial charge in [-0.15, -0.1) is 0 Å². The monoisotopic (exact) mass is 288 g/mol. The molecule has 0 bridgehead atoms. The molecule has 2 nitrogen and oxygen atoms in total. The Morgan fingerprint density at radius 3 is 2.57 bits per heavy atom. The van der Waals surface area contributed by atoms with Gasteiger partial charge in [0.2, 0.25) is 0 Å². The van der Waals surface area contributed by atoms with E-state index in [4.69, 9.17) is 0 Å². The molecule has 1 N–H and O–H groups in total. The molecule has 1 aliphatic carbocycles. The second-order valence-electron chi connectivity index (χ2n) is 6.38. The van der Waals surface area contributed by atoms with Crippen LogP contribution in [0.25, 0.3) is 0 Å². The topological polar surface area (TPSA) is 15.3 Å². The van der Waals surface area contributed by atoms with Gasteiger partial charge in [-0.3, -0.25) is 4.90 Å². The van der Waals surface area contributed by atoms with Crippen LogP contribution in [0.2, 0.25) is 0 Å². The van der Waals surface area contributed by atoms with Crippen LogP contribution in [0.1, 0.15) is 57.9 Å². The molecular formula is C19H32N2. The highest BCUT2D eigenvalue weighted by atomic mass is 15.1. The van der Waals surface area contributed by atoms with E-state index < -0.39 is 0 Å². The smallest absolute Gasteiger partial charge is 0.0343 e. The minimum absolute atomic E-state index is 0.963. The van der Waals surface area contributed by atoms with E-state index >= 15 is 0 Å². The highest BCUT2D eigenvalue weighted by Crippen LogP contribution is 2.26. The van der Waals surface area contributed by atoms with Gasteiger partial charge >= 0.3 is 0 Å². The molecule has 118 valence electrons. The van der Waals surface area contributed by atoms with Crippen LogP contribution < -0.4 is 5.32 Å². The summed E-state index contributed by atoms with van der Waals surface area (Å²) in [6.07, 6.45) is 8.58. The van der Waals surface area contributed by atoms with Crippen LogP contribution in [-0.4, -0.2) is 24.5 Å². The highest BCUT2D eigenvalue weighted by Gasteiger charge is 2.12. The van der Waals surface area contributed by atoms with Gasteiger partial charge in [-0.05, 0) is 43.1 Å². The number of nitrogens with zero attached hydrogens (tertiary/aromatic N) is 1. The Balaban J connectivity index is 1.77. The Bertz CT molecular complexity index is 392. The predicted octanol–water partition coefficient (Wildman–Crippen LogP) is 4.91. The van der Waals surface area contributed by atoms with Crippen molar-refractivity contribution >= 4 is 5.69 Å². The minimum Gasteiger partial charge on any atom is -0.385 e. The van der Waals surface area contributed by atoms with E-state index in [1.54, 1.807) is 0 Å². The van der Waals surface area contributed by atoms with Gasteiger partial charge in [0.25, 0.3) is 0 Å². The summed E-state index contributed by atoms with van der Waals surface area (Å²) < 4.78 is 0. The maximum absolute atomic E-state index is 3.62. The third-order valence-electron chi connectivity index (χ3n) is 4.83. The Morgan fingerprint density at radius 2 is 1.86 bits per heavy atom. The summed E-state index contributed by atoms with van der Waals surface area (Å²) >= 11 is 0. The van der Waals surface area contributed by atoms with Crippen molar-refractivity contribution in [2.75, 3.05) is 25.0 Å². The fraction of sp³-hybridized carbons (Fsp3) is 0.684. The Kier molecular flexibility index (Phi) is 7.08. The molecule has 1 aromatic carbocycles. The molecular weight excluding hydrogens is 256 g/mol. The number of benzene rings is 1. The summed E-state index contributed by atoms with van der Waals surface area (Å²) in [5.74, 6) is 0.963. The van der Waals surface area contributed by atoms with Crippen LogP contribution in [0.15, 0.2) is 24.3 Å². The first-order valence-electron chi connectivity index (χ1n) is 8.87. The van der Waals surface area contributed by atoms with Crippen molar-refractivity contribution < 1.29 is 0 Å². The Morgan fingerprint density at radius 1 is 1.10 bits per heavy atom. The summed E-state index contributed by atoms with van der Waals surface area (Å²) in [6.45, 7) is 8.89. The maximum Gasteiger partial charge on any atom is 0.0343 e. The van der Waals surface area contributed by atoms with Gasteiger partial charge in [-0.2, -0.15) is 0 Å². The second kappa shape index (κ2) is 9.09. The lowest BCUT2D eigenvalue weighted by atomic mass is 9.87. The fourth-order valence-electron chi connectivity index (χ4n) is 3.38. The number of anilines is 1. The van der Waals surface area contributed by atoms with Crippen LogP contribution in [0.3, 0.4) is 0 Å². The van der Waals surface area contributed by atoms with Gasteiger partial charge in [0, 0.05) is 18.8 Å². The first-order chi connectivity index (χ1) is 10.3. The van der Waals surface area contributed by atoms with E-state index in [2.05, 4.69) is 48.3 Å². The minimum atomic E-state index is 0.963. The standard InChI is InChI=1S/C19H32N2/c1-3-21(4-2)16-18-11-8-12-19(15-18)20-14-13-17-9-6-5-7-10-17/h8,11-12,15,17,20H,3-7,9-10,13-14,16H2,1-2H3. The zero-order valence-electron chi connectivity index (χ0n) is 13.9. The quantitative estimate of drug-likeness (QED) is 0.731. The number of rotatable bonds is 8. The summed E-state index contributed by atoms with van der Waals surface area (Å²) in [7, 11) is 0. The zero-order valence-corrected chi connectivity index (χ0v) is 13.9. The predicted molar refractivity (Wildman–Crippen MR) is 92.7 cm³/mol. The van der Waals surface area contributed by atoms with Crippen molar-refractivity contribution in [2.45, 2.75) is 58.9 Å². The average molecular weight is 288 g/mol. The lowest BCUT2D eigenvalue weighted by Gasteiger charge is -2.22. The van der Waals surface area contributed by atoms with Crippen molar-refractivity contribution in [3.05, 3.63) is 29.8 Å².